The number of benzene rings is 3. The van der Waals surface area contributed by atoms with Gasteiger partial charge in [-0.2, -0.15) is 0 Å². The van der Waals surface area contributed by atoms with Gasteiger partial charge in [-0.05, 0) is 47.5 Å². The summed E-state index contributed by atoms with van der Waals surface area (Å²) in [5, 5.41) is 3.30. The molecule has 3 rings (SSSR count). The Balaban J connectivity index is 1.72. The molecule has 23 heavy (non-hydrogen) atoms. The van der Waals surface area contributed by atoms with Crippen molar-refractivity contribution in [2.24, 2.45) is 5.84 Å². The summed E-state index contributed by atoms with van der Waals surface area (Å²) < 4.78 is 0. The minimum absolute atomic E-state index is 0.302. The molecule has 0 bridgehead atoms. The van der Waals surface area contributed by atoms with Crippen LogP contribution in [0.15, 0.2) is 78.9 Å². The number of amides is 1. The predicted octanol–water partition coefficient (Wildman–Crippen LogP) is 3.70. The van der Waals surface area contributed by atoms with Crippen molar-refractivity contribution in [3.8, 4) is 11.1 Å². The number of hydrogen-bond acceptors (Lipinski definition) is 3. The summed E-state index contributed by atoms with van der Waals surface area (Å²) in [6, 6.07) is 25.6. The van der Waals surface area contributed by atoms with Crippen molar-refractivity contribution in [2.75, 3.05) is 5.32 Å². The fourth-order valence-corrected chi connectivity index (χ4v) is 2.33. The third-order valence-corrected chi connectivity index (χ3v) is 3.56. The Morgan fingerprint density at radius 2 is 1.22 bits per heavy atom. The van der Waals surface area contributed by atoms with Gasteiger partial charge in [-0.3, -0.25) is 10.2 Å². The zero-order valence-electron chi connectivity index (χ0n) is 12.5. The number of anilines is 2. The zero-order valence-corrected chi connectivity index (χ0v) is 12.5. The molecule has 114 valence electrons. The van der Waals surface area contributed by atoms with Crippen molar-refractivity contribution in [3.63, 3.8) is 0 Å². The molecule has 4 heteroatoms. The molecule has 0 fully saturated rings. The number of nitrogens with one attached hydrogen (secondary N) is 2. The summed E-state index contributed by atoms with van der Waals surface area (Å²) in [5.41, 5.74) is 6.90. The van der Waals surface area contributed by atoms with Gasteiger partial charge in [0, 0.05) is 16.9 Å². The Labute approximate surface area is 134 Å². The third kappa shape index (κ3) is 3.56. The highest BCUT2D eigenvalue weighted by Gasteiger charge is 2.03. The first-order valence-corrected chi connectivity index (χ1v) is 7.30. The van der Waals surface area contributed by atoms with E-state index in [4.69, 9.17) is 5.84 Å². The van der Waals surface area contributed by atoms with Crippen LogP contribution in [0.2, 0.25) is 0 Å². The Bertz CT molecular complexity index is 781. The van der Waals surface area contributed by atoms with E-state index in [9.17, 15) is 4.79 Å². The second-order valence-corrected chi connectivity index (χ2v) is 5.12. The van der Waals surface area contributed by atoms with Crippen LogP contribution in [0.3, 0.4) is 0 Å². The lowest BCUT2D eigenvalue weighted by Crippen LogP contribution is -2.29. The van der Waals surface area contributed by atoms with Crippen LogP contribution in [0.4, 0.5) is 11.4 Å². The lowest BCUT2D eigenvalue weighted by molar-refractivity contribution is 0.0953. The molecule has 0 aliphatic heterocycles. The number of hydrogen-bond donors (Lipinski definition) is 3. The topological polar surface area (TPSA) is 67.1 Å². The van der Waals surface area contributed by atoms with E-state index in [1.807, 2.05) is 42.5 Å². The summed E-state index contributed by atoms with van der Waals surface area (Å²) in [4.78, 5) is 11.4. The molecule has 0 saturated carbocycles. The first-order valence-electron chi connectivity index (χ1n) is 7.30. The standard InChI is InChI=1S/C19H17N3O/c20-22-19(23)16-8-12-18(13-9-16)21-17-10-6-15(7-11-17)14-4-2-1-3-5-14/h1-13,21H,20H2,(H,22,23). The van der Waals surface area contributed by atoms with Gasteiger partial charge in [-0.25, -0.2) is 5.84 Å². The van der Waals surface area contributed by atoms with Gasteiger partial charge in [0.25, 0.3) is 5.91 Å². The average Bonchev–Trinajstić information content (AvgIpc) is 2.63. The molecular formula is C19H17N3O. The largest absolute Gasteiger partial charge is 0.356 e. The highest BCUT2D eigenvalue weighted by molar-refractivity contribution is 5.94. The van der Waals surface area contributed by atoms with E-state index in [0.717, 1.165) is 11.4 Å². The van der Waals surface area contributed by atoms with E-state index < -0.39 is 0 Å². The second kappa shape index (κ2) is 6.77. The third-order valence-electron chi connectivity index (χ3n) is 3.56. The van der Waals surface area contributed by atoms with Crippen molar-refractivity contribution in [3.05, 3.63) is 84.4 Å². The summed E-state index contributed by atoms with van der Waals surface area (Å²) in [7, 11) is 0. The van der Waals surface area contributed by atoms with Crippen LogP contribution in [-0.2, 0) is 0 Å². The number of carbonyl (C=O) groups is 1. The molecule has 0 spiro atoms. The van der Waals surface area contributed by atoms with Gasteiger partial charge in [0.15, 0.2) is 0 Å². The average molecular weight is 303 g/mol. The molecular weight excluding hydrogens is 286 g/mol. The highest BCUT2D eigenvalue weighted by Crippen LogP contribution is 2.23. The fourth-order valence-electron chi connectivity index (χ4n) is 2.33. The molecule has 0 aliphatic carbocycles. The summed E-state index contributed by atoms with van der Waals surface area (Å²) in [6.45, 7) is 0. The molecule has 3 aromatic carbocycles. The minimum atomic E-state index is -0.302. The van der Waals surface area contributed by atoms with Crippen LogP contribution in [0, 0.1) is 0 Å². The maximum atomic E-state index is 11.4. The van der Waals surface area contributed by atoms with E-state index in [1.54, 1.807) is 12.1 Å². The van der Waals surface area contributed by atoms with Crippen LogP contribution in [-0.4, -0.2) is 5.91 Å². The monoisotopic (exact) mass is 303 g/mol. The maximum absolute atomic E-state index is 11.4. The van der Waals surface area contributed by atoms with E-state index >= 15 is 0 Å². The van der Waals surface area contributed by atoms with Gasteiger partial charge < -0.3 is 5.32 Å². The number of hydrazine groups is 1. The molecule has 0 radical (unpaired) electrons. The molecule has 0 atom stereocenters. The van der Waals surface area contributed by atoms with Crippen LogP contribution in [0.25, 0.3) is 11.1 Å². The summed E-state index contributed by atoms with van der Waals surface area (Å²) in [5.74, 6) is 4.81. The molecule has 4 nitrogen and oxygen atoms in total. The van der Waals surface area contributed by atoms with Gasteiger partial charge in [-0.1, -0.05) is 42.5 Å². The first kappa shape index (κ1) is 14.8. The minimum Gasteiger partial charge on any atom is -0.356 e. The van der Waals surface area contributed by atoms with Crippen molar-refractivity contribution >= 4 is 17.3 Å². The quantitative estimate of drug-likeness (QED) is 0.391. The van der Waals surface area contributed by atoms with Crippen LogP contribution < -0.4 is 16.6 Å². The van der Waals surface area contributed by atoms with Crippen LogP contribution >= 0.6 is 0 Å². The molecule has 0 heterocycles. The molecule has 3 aromatic rings. The Morgan fingerprint density at radius 3 is 1.78 bits per heavy atom. The number of carbonyl (C=O) groups excluding carboxylic acids is 1. The Hall–Kier alpha value is -3.11. The molecule has 0 aliphatic rings. The maximum Gasteiger partial charge on any atom is 0.265 e. The summed E-state index contributed by atoms with van der Waals surface area (Å²) >= 11 is 0. The number of nitrogens with two attached hydrogens (primary N) is 1. The fraction of sp³-hybridized carbons (Fsp3) is 0. The number of nitrogen functional groups attached to an aromatic ring is 1. The predicted molar refractivity (Wildman–Crippen MR) is 93.3 cm³/mol. The highest BCUT2D eigenvalue weighted by atomic mass is 16.2. The Morgan fingerprint density at radius 1 is 0.696 bits per heavy atom. The van der Waals surface area contributed by atoms with E-state index in [-0.39, 0.29) is 5.91 Å². The van der Waals surface area contributed by atoms with E-state index in [2.05, 4.69) is 35.0 Å². The SMILES string of the molecule is NNC(=O)c1ccc(Nc2ccc(-c3ccccc3)cc2)cc1. The lowest BCUT2D eigenvalue weighted by Gasteiger charge is -2.08. The Kier molecular flexibility index (Phi) is 4.36. The van der Waals surface area contributed by atoms with Gasteiger partial charge in [-0.15, -0.1) is 0 Å². The lowest BCUT2D eigenvalue weighted by atomic mass is 10.1. The van der Waals surface area contributed by atoms with Crippen molar-refractivity contribution < 1.29 is 4.79 Å². The molecule has 1 amide bonds. The van der Waals surface area contributed by atoms with Gasteiger partial charge in [0.1, 0.15) is 0 Å². The number of rotatable bonds is 4. The van der Waals surface area contributed by atoms with Crippen molar-refractivity contribution in [1.82, 2.24) is 5.43 Å². The normalized spacial score (nSPS) is 10.1. The molecule has 0 unspecified atom stereocenters. The smallest absolute Gasteiger partial charge is 0.265 e. The van der Waals surface area contributed by atoms with E-state index in [1.165, 1.54) is 11.1 Å². The van der Waals surface area contributed by atoms with Gasteiger partial charge in [0.2, 0.25) is 0 Å². The van der Waals surface area contributed by atoms with Crippen LogP contribution in [0.5, 0.6) is 0 Å². The molecule has 4 N–H and O–H groups in total. The van der Waals surface area contributed by atoms with Gasteiger partial charge in [0.05, 0.1) is 0 Å². The molecule has 0 aromatic heterocycles. The molecule has 0 saturated heterocycles. The second-order valence-electron chi connectivity index (χ2n) is 5.12. The van der Waals surface area contributed by atoms with Crippen LogP contribution in [0.1, 0.15) is 10.4 Å². The van der Waals surface area contributed by atoms with Crippen molar-refractivity contribution in [1.29, 1.82) is 0 Å². The zero-order chi connectivity index (χ0) is 16.1. The van der Waals surface area contributed by atoms with E-state index in [0.29, 0.717) is 5.56 Å². The van der Waals surface area contributed by atoms with Crippen molar-refractivity contribution in [2.45, 2.75) is 0 Å². The first-order chi connectivity index (χ1) is 11.3. The summed E-state index contributed by atoms with van der Waals surface area (Å²) in [6.07, 6.45) is 0. The van der Waals surface area contributed by atoms with Gasteiger partial charge >= 0.3 is 0 Å².